The van der Waals surface area contributed by atoms with Crippen LogP contribution in [0.1, 0.15) is 32.7 Å². The normalized spacial score (nSPS) is 10.9. The number of hydrogen-bond donors (Lipinski definition) is 2. The van der Waals surface area contributed by atoms with Crippen LogP contribution in [0, 0.1) is 19.7 Å². The summed E-state index contributed by atoms with van der Waals surface area (Å²) >= 11 is 0. The Labute approximate surface area is 220 Å². The lowest BCUT2D eigenvalue weighted by Gasteiger charge is -2.20. The molecule has 0 saturated heterocycles. The maximum absolute atomic E-state index is 13.9. The van der Waals surface area contributed by atoms with Crippen molar-refractivity contribution in [1.29, 1.82) is 0 Å². The molecule has 38 heavy (non-hydrogen) atoms. The summed E-state index contributed by atoms with van der Waals surface area (Å²) in [4.78, 5) is 29.6. The summed E-state index contributed by atoms with van der Waals surface area (Å²) in [6.45, 7) is 5.85. The molecule has 1 heterocycles. The molecule has 0 bridgehead atoms. The Hall–Kier alpha value is -4.79. The molecular formula is C29H29FN4O4. The maximum atomic E-state index is 13.9. The summed E-state index contributed by atoms with van der Waals surface area (Å²) in [5.41, 5.74) is 12.1. The smallest absolute Gasteiger partial charge is 0.256 e. The molecule has 8 nitrogen and oxygen atoms in total. The molecule has 3 N–H and O–H groups in total. The van der Waals surface area contributed by atoms with E-state index in [0.29, 0.717) is 22.7 Å². The highest BCUT2D eigenvalue weighted by Crippen LogP contribution is 2.38. The van der Waals surface area contributed by atoms with E-state index in [0.717, 1.165) is 40.9 Å². The Kier molecular flexibility index (Phi) is 9.10. The summed E-state index contributed by atoms with van der Waals surface area (Å²) in [7, 11) is 1.59. The van der Waals surface area contributed by atoms with Crippen molar-refractivity contribution >= 4 is 24.8 Å². The quantitative estimate of drug-likeness (QED) is 0.386. The third-order valence-electron chi connectivity index (χ3n) is 6.25. The Morgan fingerprint density at radius 2 is 1.82 bits per heavy atom. The monoisotopic (exact) mass is 516 g/mol. The van der Waals surface area contributed by atoms with Gasteiger partial charge in [0, 0.05) is 27.9 Å². The number of amides is 2. The fourth-order valence-electron chi connectivity index (χ4n) is 4.56. The van der Waals surface area contributed by atoms with Crippen LogP contribution in [-0.2, 0) is 22.4 Å². The minimum atomic E-state index is -0.305. The molecule has 0 spiro atoms. The van der Waals surface area contributed by atoms with Crippen LogP contribution in [0.5, 0.6) is 5.75 Å². The maximum Gasteiger partial charge on any atom is 0.256 e. The van der Waals surface area contributed by atoms with E-state index in [-0.39, 0.29) is 18.1 Å². The molecule has 0 aliphatic heterocycles. The average molecular weight is 517 g/mol. The van der Waals surface area contributed by atoms with E-state index in [9.17, 15) is 9.18 Å². The van der Waals surface area contributed by atoms with Crippen LogP contribution in [0.3, 0.4) is 0 Å². The Morgan fingerprint density at radius 1 is 1.11 bits per heavy atom. The fourth-order valence-corrected chi connectivity index (χ4v) is 4.56. The zero-order valence-electron chi connectivity index (χ0n) is 21.5. The lowest BCUT2D eigenvalue weighted by atomic mass is 9.88. The molecule has 1 aliphatic rings. The molecule has 2 amide bonds. The molecule has 5 rings (SSSR count). The van der Waals surface area contributed by atoms with Crippen molar-refractivity contribution in [3.8, 4) is 22.7 Å². The van der Waals surface area contributed by atoms with Crippen molar-refractivity contribution in [2.75, 3.05) is 12.4 Å². The zero-order valence-corrected chi connectivity index (χ0v) is 21.5. The van der Waals surface area contributed by atoms with E-state index in [1.54, 1.807) is 25.3 Å². The number of ether oxygens (including phenoxy) is 1. The van der Waals surface area contributed by atoms with Crippen LogP contribution in [-0.4, -0.2) is 36.0 Å². The average Bonchev–Trinajstić information content (AvgIpc) is 3.27. The molecule has 3 aromatic carbocycles. The number of aromatic nitrogens is 2. The lowest BCUT2D eigenvalue weighted by Crippen LogP contribution is -2.14. The van der Waals surface area contributed by atoms with Gasteiger partial charge in [0.05, 0.1) is 24.2 Å². The number of aryl methyl sites for hydroxylation is 2. The first-order chi connectivity index (χ1) is 18.4. The number of anilines is 1. The van der Waals surface area contributed by atoms with Gasteiger partial charge in [-0.15, -0.1) is 0 Å². The molecule has 196 valence electrons. The predicted molar refractivity (Wildman–Crippen MR) is 144 cm³/mol. The van der Waals surface area contributed by atoms with Gasteiger partial charge in [-0.3, -0.25) is 9.59 Å². The minimum Gasteiger partial charge on any atom is -0.496 e. The van der Waals surface area contributed by atoms with Crippen molar-refractivity contribution in [3.05, 3.63) is 94.4 Å². The SMILES string of the molecule is C=O.COc1cccc(C(=O)Nc2ccc3c(c2)-c2c(c(C)nn2-c2cccc(F)c2)CC3)c1C.NC=O. The van der Waals surface area contributed by atoms with Crippen molar-refractivity contribution in [1.82, 2.24) is 9.78 Å². The molecule has 4 aromatic rings. The van der Waals surface area contributed by atoms with Gasteiger partial charge in [0.1, 0.15) is 18.4 Å². The number of primary amides is 1. The van der Waals surface area contributed by atoms with Crippen molar-refractivity contribution in [2.45, 2.75) is 26.7 Å². The van der Waals surface area contributed by atoms with Gasteiger partial charge in [-0.25, -0.2) is 9.07 Å². The van der Waals surface area contributed by atoms with Gasteiger partial charge in [0.2, 0.25) is 6.41 Å². The second-order valence-corrected chi connectivity index (χ2v) is 8.40. The van der Waals surface area contributed by atoms with Crippen molar-refractivity contribution in [2.24, 2.45) is 5.73 Å². The number of nitrogens with zero attached hydrogens (tertiary/aromatic N) is 2. The lowest BCUT2D eigenvalue weighted by molar-refractivity contribution is -0.107. The number of methoxy groups -OCH3 is 1. The number of carbonyl (C=O) groups is 3. The number of rotatable bonds is 4. The van der Waals surface area contributed by atoms with Crippen molar-refractivity contribution in [3.63, 3.8) is 0 Å². The van der Waals surface area contributed by atoms with Gasteiger partial charge in [0.15, 0.2) is 0 Å². The van der Waals surface area contributed by atoms with E-state index >= 15 is 0 Å². The molecule has 9 heteroatoms. The molecule has 1 aromatic heterocycles. The van der Waals surface area contributed by atoms with E-state index in [1.807, 2.05) is 55.7 Å². The summed E-state index contributed by atoms with van der Waals surface area (Å²) in [5.74, 6) is 0.171. The van der Waals surface area contributed by atoms with Crippen LogP contribution in [0.4, 0.5) is 10.1 Å². The van der Waals surface area contributed by atoms with E-state index in [2.05, 4.69) is 11.1 Å². The second kappa shape index (κ2) is 12.4. The predicted octanol–water partition coefficient (Wildman–Crippen LogP) is 4.57. The highest BCUT2D eigenvalue weighted by molar-refractivity contribution is 6.06. The number of fused-ring (bicyclic) bond motifs is 3. The van der Waals surface area contributed by atoms with E-state index in [1.165, 1.54) is 17.7 Å². The van der Waals surface area contributed by atoms with Crippen LogP contribution in [0.2, 0.25) is 0 Å². The number of hydrogen-bond acceptors (Lipinski definition) is 5. The topological polar surface area (TPSA) is 116 Å². The first-order valence-electron chi connectivity index (χ1n) is 11.7. The molecular weight excluding hydrogens is 487 g/mol. The number of halogens is 1. The summed E-state index contributed by atoms with van der Waals surface area (Å²) < 4.78 is 21.1. The van der Waals surface area contributed by atoms with Crippen LogP contribution < -0.4 is 15.8 Å². The highest BCUT2D eigenvalue weighted by atomic mass is 19.1. The third-order valence-corrected chi connectivity index (χ3v) is 6.25. The number of nitrogens with one attached hydrogen (secondary N) is 1. The highest BCUT2D eigenvalue weighted by Gasteiger charge is 2.25. The van der Waals surface area contributed by atoms with Crippen LogP contribution >= 0.6 is 0 Å². The van der Waals surface area contributed by atoms with E-state index < -0.39 is 0 Å². The molecule has 0 fully saturated rings. The Balaban J connectivity index is 0.000000748. The standard InChI is InChI=1S/C27H24FN3O2.CH3NO.CH2O/c1-16-22(8-5-9-25(16)33-3)27(32)29-20-12-10-18-11-13-23-17(2)30-31(26(23)24(18)15-20)21-7-4-6-19(28)14-21;2-1-3;1-2/h4-10,12,14-15H,11,13H2,1-3H3,(H,29,32);1H,(H2,2,3);1H2. The third kappa shape index (κ3) is 5.62. The zero-order chi connectivity index (χ0) is 27.8. The van der Waals surface area contributed by atoms with Crippen LogP contribution in [0.25, 0.3) is 16.9 Å². The first-order valence-corrected chi connectivity index (χ1v) is 11.7. The largest absolute Gasteiger partial charge is 0.496 e. The molecule has 0 radical (unpaired) electrons. The molecule has 0 atom stereocenters. The van der Waals surface area contributed by atoms with E-state index in [4.69, 9.17) is 19.4 Å². The van der Waals surface area contributed by atoms with Crippen LogP contribution in [0.15, 0.2) is 60.7 Å². The van der Waals surface area contributed by atoms with Gasteiger partial charge in [-0.05, 0) is 74.7 Å². The second-order valence-electron chi connectivity index (χ2n) is 8.40. The van der Waals surface area contributed by atoms with Gasteiger partial charge >= 0.3 is 0 Å². The number of carbonyl (C=O) groups excluding carboxylic acids is 3. The van der Waals surface area contributed by atoms with Gasteiger partial charge in [-0.1, -0.05) is 18.2 Å². The van der Waals surface area contributed by atoms with Gasteiger partial charge in [-0.2, -0.15) is 5.10 Å². The Bertz CT molecular complexity index is 1470. The minimum absolute atomic E-state index is 0.197. The summed E-state index contributed by atoms with van der Waals surface area (Å²) in [6.07, 6.45) is 2.01. The summed E-state index contributed by atoms with van der Waals surface area (Å²) in [6, 6.07) is 17.8. The number of nitrogens with two attached hydrogens (primary N) is 1. The van der Waals surface area contributed by atoms with Gasteiger partial charge in [0.25, 0.3) is 5.91 Å². The molecule has 1 aliphatic carbocycles. The fraction of sp³-hybridized carbons (Fsp3) is 0.172. The van der Waals surface area contributed by atoms with Gasteiger partial charge < -0.3 is 20.6 Å². The molecule has 0 unspecified atom stereocenters. The summed E-state index contributed by atoms with van der Waals surface area (Å²) in [5, 5.41) is 7.74. The van der Waals surface area contributed by atoms with Crippen molar-refractivity contribution < 1.29 is 23.5 Å². The first kappa shape index (κ1) is 27.8. The Morgan fingerprint density at radius 3 is 2.50 bits per heavy atom. The molecule has 0 saturated carbocycles. The number of benzene rings is 3.